The summed E-state index contributed by atoms with van der Waals surface area (Å²) in [7, 11) is 0. The van der Waals surface area contributed by atoms with Crippen molar-refractivity contribution in [2.75, 3.05) is 25.0 Å². The number of nitrogens with zero attached hydrogens (tertiary/aromatic N) is 1. The molecule has 2 fully saturated rings. The fraction of sp³-hybridized carbons (Fsp3) is 0.556. The number of likely N-dealkylation sites (tertiary alicyclic amines) is 1. The Morgan fingerprint density at radius 3 is 2.57 bits per heavy atom. The Labute approximate surface area is 137 Å². The molecule has 2 amide bonds. The molecule has 124 valence electrons. The quantitative estimate of drug-likeness (QED) is 0.933. The van der Waals surface area contributed by atoms with Crippen LogP contribution >= 0.6 is 0 Å². The Balaban J connectivity index is 1.66. The summed E-state index contributed by atoms with van der Waals surface area (Å²) in [6.45, 7) is 2.29. The van der Waals surface area contributed by atoms with Crippen LogP contribution in [-0.4, -0.2) is 42.5 Å². The van der Waals surface area contributed by atoms with Gasteiger partial charge in [0.25, 0.3) is 11.8 Å². The molecule has 1 aromatic rings. The van der Waals surface area contributed by atoms with Crippen molar-refractivity contribution in [1.82, 2.24) is 4.90 Å². The van der Waals surface area contributed by atoms with Gasteiger partial charge in [0.2, 0.25) is 0 Å². The van der Waals surface area contributed by atoms with Crippen LogP contribution in [0.3, 0.4) is 0 Å². The maximum absolute atomic E-state index is 12.6. The zero-order valence-corrected chi connectivity index (χ0v) is 13.4. The second-order valence-corrected chi connectivity index (χ2v) is 6.28. The van der Waals surface area contributed by atoms with Crippen molar-refractivity contribution in [2.24, 2.45) is 0 Å². The summed E-state index contributed by atoms with van der Waals surface area (Å²) < 4.78 is 5.39. The predicted octanol–water partition coefficient (Wildman–Crippen LogP) is 2.82. The molecule has 2 saturated heterocycles. The van der Waals surface area contributed by atoms with E-state index < -0.39 is 0 Å². The summed E-state index contributed by atoms with van der Waals surface area (Å²) >= 11 is 0. The number of ether oxygens (including phenoxy) is 1. The minimum atomic E-state index is -0.361. The molecule has 5 nitrogen and oxygen atoms in total. The molecule has 0 aliphatic carbocycles. The van der Waals surface area contributed by atoms with Crippen LogP contribution in [0.25, 0.3) is 0 Å². The molecule has 0 saturated carbocycles. The van der Waals surface area contributed by atoms with Gasteiger partial charge in [-0.05, 0) is 43.9 Å². The van der Waals surface area contributed by atoms with Crippen LogP contribution in [0.4, 0.5) is 5.69 Å². The molecule has 1 aromatic carbocycles. The van der Waals surface area contributed by atoms with Crippen molar-refractivity contribution in [3.8, 4) is 0 Å². The molecule has 1 N–H and O–H groups in total. The van der Waals surface area contributed by atoms with Crippen LogP contribution in [0.5, 0.6) is 0 Å². The molecule has 23 heavy (non-hydrogen) atoms. The van der Waals surface area contributed by atoms with E-state index in [9.17, 15) is 9.59 Å². The summed E-state index contributed by atoms with van der Waals surface area (Å²) in [4.78, 5) is 26.7. The van der Waals surface area contributed by atoms with Gasteiger partial charge in [0.1, 0.15) is 6.10 Å². The standard InChI is InChI=1S/C18H24N2O3/c21-17(16-9-6-12-23-16)19-15-8-5-7-14(13-15)18(22)20-10-3-1-2-4-11-20/h5,7-8,13,16H,1-4,6,9-12H2,(H,19,21). The molecule has 1 atom stereocenters. The lowest BCUT2D eigenvalue weighted by atomic mass is 10.1. The lowest BCUT2D eigenvalue weighted by molar-refractivity contribution is -0.124. The number of benzene rings is 1. The molecule has 0 bridgehead atoms. The highest BCUT2D eigenvalue weighted by Crippen LogP contribution is 2.18. The van der Waals surface area contributed by atoms with Crippen molar-refractivity contribution in [2.45, 2.75) is 44.6 Å². The van der Waals surface area contributed by atoms with Crippen molar-refractivity contribution in [3.05, 3.63) is 29.8 Å². The topological polar surface area (TPSA) is 58.6 Å². The molecule has 0 aromatic heterocycles. The highest BCUT2D eigenvalue weighted by atomic mass is 16.5. The van der Waals surface area contributed by atoms with E-state index in [1.807, 2.05) is 23.1 Å². The lowest BCUT2D eigenvalue weighted by Crippen LogP contribution is -2.32. The summed E-state index contributed by atoms with van der Waals surface area (Å²) in [5, 5.41) is 2.86. The van der Waals surface area contributed by atoms with Crippen molar-refractivity contribution in [1.29, 1.82) is 0 Å². The zero-order valence-electron chi connectivity index (χ0n) is 13.4. The van der Waals surface area contributed by atoms with Crippen LogP contribution in [0, 0.1) is 0 Å². The number of hydrogen-bond donors (Lipinski definition) is 1. The molecular weight excluding hydrogens is 292 g/mol. The number of carbonyl (C=O) groups is 2. The first-order valence-electron chi connectivity index (χ1n) is 8.56. The van der Waals surface area contributed by atoms with Gasteiger partial charge in [-0.25, -0.2) is 0 Å². The molecule has 5 heteroatoms. The number of nitrogens with one attached hydrogen (secondary N) is 1. The third-order valence-electron chi connectivity index (χ3n) is 4.49. The van der Waals surface area contributed by atoms with Gasteiger partial charge in [0.05, 0.1) is 0 Å². The maximum Gasteiger partial charge on any atom is 0.253 e. The van der Waals surface area contributed by atoms with Crippen molar-refractivity contribution in [3.63, 3.8) is 0 Å². The third kappa shape index (κ3) is 4.10. The summed E-state index contributed by atoms with van der Waals surface area (Å²) in [6.07, 6.45) is 5.86. The number of carbonyl (C=O) groups excluding carboxylic acids is 2. The van der Waals surface area contributed by atoms with Gasteiger partial charge in [-0.1, -0.05) is 18.9 Å². The summed E-state index contributed by atoms with van der Waals surface area (Å²) in [5.41, 5.74) is 1.29. The average Bonchev–Trinajstić information content (AvgIpc) is 2.97. The Hall–Kier alpha value is -1.88. The van der Waals surface area contributed by atoms with E-state index in [4.69, 9.17) is 4.74 Å². The molecule has 1 unspecified atom stereocenters. The van der Waals surface area contributed by atoms with E-state index in [-0.39, 0.29) is 17.9 Å². The summed E-state index contributed by atoms with van der Waals surface area (Å²) in [5.74, 6) is -0.0676. The molecule has 3 rings (SSSR count). The van der Waals surface area contributed by atoms with Crippen LogP contribution in [0.15, 0.2) is 24.3 Å². The minimum Gasteiger partial charge on any atom is -0.368 e. The van der Waals surface area contributed by atoms with Crippen LogP contribution in [0.2, 0.25) is 0 Å². The second-order valence-electron chi connectivity index (χ2n) is 6.28. The van der Waals surface area contributed by atoms with E-state index in [2.05, 4.69) is 5.32 Å². The monoisotopic (exact) mass is 316 g/mol. The van der Waals surface area contributed by atoms with E-state index >= 15 is 0 Å². The Morgan fingerprint density at radius 1 is 1.09 bits per heavy atom. The van der Waals surface area contributed by atoms with Crippen LogP contribution in [0.1, 0.15) is 48.9 Å². The fourth-order valence-electron chi connectivity index (χ4n) is 3.19. The van der Waals surface area contributed by atoms with Gasteiger partial charge in [-0.3, -0.25) is 9.59 Å². The first-order chi connectivity index (χ1) is 11.2. The Morgan fingerprint density at radius 2 is 1.87 bits per heavy atom. The molecule has 0 spiro atoms. The number of rotatable bonds is 3. The van der Waals surface area contributed by atoms with E-state index in [1.54, 1.807) is 6.07 Å². The average molecular weight is 316 g/mol. The van der Waals surface area contributed by atoms with Crippen molar-refractivity contribution >= 4 is 17.5 Å². The SMILES string of the molecule is O=C(Nc1cccc(C(=O)N2CCCCCC2)c1)C1CCCO1. The van der Waals surface area contributed by atoms with E-state index in [0.29, 0.717) is 17.9 Å². The third-order valence-corrected chi connectivity index (χ3v) is 4.49. The Kier molecular flexibility index (Phi) is 5.28. The maximum atomic E-state index is 12.6. The fourth-order valence-corrected chi connectivity index (χ4v) is 3.19. The first-order valence-corrected chi connectivity index (χ1v) is 8.56. The molecule has 2 heterocycles. The predicted molar refractivity (Wildman–Crippen MR) is 88.4 cm³/mol. The zero-order chi connectivity index (χ0) is 16.1. The van der Waals surface area contributed by atoms with Gasteiger partial charge in [0, 0.05) is 30.9 Å². The van der Waals surface area contributed by atoms with Gasteiger partial charge in [0.15, 0.2) is 0 Å². The van der Waals surface area contributed by atoms with Gasteiger partial charge < -0.3 is 15.0 Å². The molecule has 0 radical (unpaired) electrons. The first kappa shape index (κ1) is 16.0. The normalized spacial score (nSPS) is 21.7. The second kappa shape index (κ2) is 7.59. The van der Waals surface area contributed by atoms with E-state index in [0.717, 1.165) is 38.8 Å². The molecular formula is C18H24N2O3. The number of hydrogen-bond acceptors (Lipinski definition) is 3. The highest BCUT2D eigenvalue weighted by molar-refractivity contribution is 5.98. The number of amides is 2. The molecule has 2 aliphatic heterocycles. The lowest BCUT2D eigenvalue weighted by Gasteiger charge is -2.20. The molecule has 2 aliphatic rings. The van der Waals surface area contributed by atoms with Gasteiger partial charge >= 0.3 is 0 Å². The van der Waals surface area contributed by atoms with E-state index in [1.165, 1.54) is 12.8 Å². The largest absolute Gasteiger partial charge is 0.368 e. The smallest absolute Gasteiger partial charge is 0.253 e. The van der Waals surface area contributed by atoms with Crippen LogP contribution < -0.4 is 5.32 Å². The minimum absolute atomic E-state index is 0.0557. The van der Waals surface area contributed by atoms with Gasteiger partial charge in [-0.2, -0.15) is 0 Å². The summed E-state index contributed by atoms with van der Waals surface area (Å²) in [6, 6.07) is 7.21. The Bertz CT molecular complexity index is 559. The highest BCUT2D eigenvalue weighted by Gasteiger charge is 2.24. The van der Waals surface area contributed by atoms with Gasteiger partial charge in [-0.15, -0.1) is 0 Å². The number of anilines is 1. The van der Waals surface area contributed by atoms with Crippen molar-refractivity contribution < 1.29 is 14.3 Å². The van der Waals surface area contributed by atoms with Crippen LogP contribution in [-0.2, 0) is 9.53 Å².